The molecule has 1 saturated heterocycles. The van der Waals surface area contributed by atoms with E-state index in [1.807, 2.05) is 20.8 Å². The number of aromatic amines is 2. The number of aliphatic hydroxyl groups excluding tert-OH is 1. The second kappa shape index (κ2) is 59.0. The van der Waals surface area contributed by atoms with Gasteiger partial charge in [-0.1, -0.05) is 92.1 Å². The highest BCUT2D eigenvalue weighted by Crippen LogP contribution is 2.29. The van der Waals surface area contributed by atoms with Crippen LogP contribution in [0.15, 0.2) is 73.4 Å². The third-order valence-electron chi connectivity index (χ3n) is 22.6. The van der Waals surface area contributed by atoms with Crippen molar-refractivity contribution in [2.75, 3.05) is 64.1 Å². The van der Waals surface area contributed by atoms with E-state index in [-0.39, 0.29) is 76.3 Å². The number of hydrogen-bond donors (Lipinski definition) is 22. The quantitative estimate of drug-likeness (QED) is 0.00726. The molecule has 46 heteroatoms. The Kier molecular flexibility index (Phi) is 49.7. The summed E-state index contributed by atoms with van der Waals surface area (Å²) in [7, 11) is 3.50. The minimum absolute atomic E-state index is 0.00284. The largest absolute Gasteiger partial charge is 0.481 e. The zero-order valence-electron chi connectivity index (χ0n) is 79.5. The topological polar surface area (TPSA) is 700 Å². The van der Waals surface area contributed by atoms with Crippen LogP contribution in [0.1, 0.15) is 163 Å². The summed E-state index contributed by atoms with van der Waals surface area (Å²) >= 11 is 0. The Morgan fingerprint density at radius 2 is 1.31 bits per heavy atom. The molecular weight excluding hydrogens is 1820 g/mol. The van der Waals surface area contributed by atoms with Gasteiger partial charge in [-0.05, 0) is 128 Å². The molecule has 137 heavy (non-hydrogen) atoms. The number of aliphatic carboxylic acids is 1. The van der Waals surface area contributed by atoms with Crippen molar-refractivity contribution in [1.29, 1.82) is 5.41 Å². The summed E-state index contributed by atoms with van der Waals surface area (Å²) in [6, 6.07) is -1.43. The Morgan fingerprint density at radius 1 is 0.679 bits per heavy atom. The van der Waals surface area contributed by atoms with E-state index in [9.17, 15) is 67.7 Å². The molecule has 15 atom stereocenters. The highest BCUT2D eigenvalue weighted by atomic mass is 33.1. The number of benzene rings is 2. The van der Waals surface area contributed by atoms with Crippen LogP contribution in [-0.2, 0) is 122 Å². The molecule has 4 heterocycles. The van der Waals surface area contributed by atoms with Gasteiger partial charge in [-0.15, -0.1) is 0 Å². The van der Waals surface area contributed by atoms with Crippen molar-refractivity contribution < 1.29 is 106 Å². The van der Waals surface area contributed by atoms with Crippen LogP contribution >= 0.6 is 21.6 Å². The first kappa shape index (κ1) is 115. The number of carbonyl (C=O) groups excluding carboxylic acids is 17. The predicted molar refractivity (Wildman–Crippen MR) is 512 cm³/mol. The van der Waals surface area contributed by atoms with Crippen LogP contribution in [0.5, 0.6) is 0 Å². The number of carboxylic acid groups (broad SMARTS) is 1. The number of aryl methyl sites for hydroxylation is 1. The lowest BCUT2D eigenvalue weighted by Crippen LogP contribution is -2.60. The first-order valence-corrected chi connectivity index (χ1v) is 48.1. The number of fused-ring (bicyclic) bond motifs is 2. The first-order chi connectivity index (χ1) is 64.8. The molecule has 756 valence electrons. The summed E-state index contributed by atoms with van der Waals surface area (Å²) in [5.41, 5.74) is 25.9. The van der Waals surface area contributed by atoms with E-state index < -0.39 is 260 Å². The van der Waals surface area contributed by atoms with Gasteiger partial charge in [0.15, 0.2) is 23.3 Å². The molecule has 44 nitrogen and oxygen atoms in total. The van der Waals surface area contributed by atoms with Crippen molar-refractivity contribution >= 4 is 156 Å². The number of amides is 13. The summed E-state index contributed by atoms with van der Waals surface area (Å²) in [4.78, 5) is 261. The second-order valence-corrected chi connectivity index (χ2v) is 37.7. The van der Waals surface area contributed by atoms with E-state index in [1.165, 1.54) is 33.3 Å². The lowest BCUT2D eigenvalue weighted by atomic mass is 9.87. The zero-order chi connectivity index (χ0) is 102. The number of para-hydroxylation sites is 2. The number of aromatic nitrogens is 4. The van der Waals surface area contributed by atoms with E-state index in [1.54, 1.807) is 100 Å². The number of ether oxygens (including phenoxy) is 2. The molecule has 0 unspecified atom stereocenters. The number of nitrogens with zero attached hydrogens (tertiary/aromatic N) is 2. The number of nitrogens with one attached hydrogen (secondary N) is 16. The van der Waals surface area contributed by atoms with Crippen LogP contribution in [0.4, 0.5) is 0 Å². The molecule has 1 fully saturated rings. The number of imidazole rings is 1. The molecule has 5 aromatic rings. The van der Waals surface area contributed by atoms with Gasteiger partial charge in [-0.3, -0.25) is 86.9 Å². The third-order valence-corrected chi connectivity index (χ3v) is 25.0. The number of primary amides is 2. The van der Waals surface area contributed by atoms with E-state index >= 15 is 24.0 Å². The maximum absolute atomic E-state index is 15.3. The fraction of sp³-hybridized carbons (Fsp3) is 0.582. The van der Waals surface area contributed by atoms with Gasteiger partial charge in [0.25, 0.3) is 0 Å². The normalized spacial score (nSPS) is 21.1. The number of unbranched alkanes of at least 4 members (excludes halogenated alkanes) is 1. The number of ketones is 3. The monoisotopic (exact) mass is 1950 g/mol. The van der Waals surface area contributed by atoms with Gasteiger partial charge in [0.1, 0.15) is 49.1 Å². The molecule has 0 radical (unpaired) electrons. The van der Waals surface area contributed by atoms with Gasteiger partial charge in [0, 0.05) is 134 Å². The molecule has 1 aliphatic heterocycles. The number of H-pyrrole nitrogens is 2. The number of carboxylic acids is 1. The maximum atomic E-state index is 15.3. The summed E-state index contributed by atoms with van der Waals surface area (Å²) in [5.74, 6) is -22.6. The maximum Gasteiger partial charge on any atom is 0.305 e. The van der Waals surface area contributed by atoms with Gasteiger partial charge in [0.05, 0.1) is 75.3 Å². The number of guanidine groups is 1. The van der Waals surface area contributed by atoms with Crippen LogP contribution in [0.25, 0.3) is 21.8 Å². The van der Waals surface area contributed by atoms with Gasteiger partial charge in [-0.25, -0.2) is 4.98 Å². The molecule has 0 bridgehead atoms. The molecule has 26 N–H and O–H groups in total. The minimum Gasteiger partial charge on any atom is -0.481 e. The summed E-state index contributed by atoms with van der Waals surface area (Å²) in [5, 5.41) is 65.1. The minimum atomic E-state index is -1.94. The number of hydrogen-bond acceptors (Lipinski definition) is 27. The number of nitrogens with two attached hydrogens (primary N) is 4. The van der Waals surface area contributed by atoms with Crippen LogP contribution in [-0.4, -0.2) is 278 Å². The molecule has 0 saturated carbocycles. The van der Waals surface area contributed by atoms with E-state index in [4.69, 9.17) is 42.6 Å². The molecule has 6 rings (SSSR count). The number of carbonyl (C=O) groups is 18. The van der Waals surface area contributed by atoms with Crippen LogP contribution in [0.2, 0.25) is 0 Å². The Hall–Kier alpha value is -12.2. The number of aliphatic hydroxyl groups is 1. The summed E-state index contributed by atoms with van der Waals surface area (Å²) < 4.78 is 12.8. The number of rotatable bonds is 39. The van der Waals surface area contributed by atoms with Gasteiger partial charge >= 0.3 is 5.97 Å². The van der Waals surface area contributed by atoms with Crippen molar-refractivity contribution in [3.8, 4) is 0 Å². The highest BCUT2D eigenvalue weighted by molar-refractivity contribution is 8.76. The molecule has 1 aliphatic rings. The fourth-order valence-corrected chi connectivity index (χ4v) is 17.0. The van der Waals surface area contributed by atoms with E-state index in [0.717, 1.165) is 34.3 Å². The molecule has 0 spiro atoms. The summed E-state index contributed by atoms with van der Waals surface area (Å²) in [6.07, 6.45) is 1.88. The van der Waals surface area contributed by atoms with Crippen LogP contribution in [0.3, 0.4) is 0 Å². The lowest BCUT2D eigenvalue weighted by Gasteiger charge is -2.28. The van der Waals surface area contributed by atoms with E-state index in [0.29, 0.717) is 64.4 Å². The Bertz CT molecular complexity index is 4910. The van der Waals surface area contributed by atoms with Gasteiger partial charge in [-0.2, -0.15) is 0 Å². The molecule has 13 amide bonds. The lowest BCUT2D eigenvalue weighted by molar-refractivity contribution is -0.141. The number of aldehydes is 1. The van der Waals surface area contributed by atoms with Crippen LogP contribution in [0, 0.1) is 35.0 Å². The first-order valence-electron chi connectivity index (χ1n) is 45.6. The SMILES string of the molecule is CC=O.CC[C@H](C)[C@H](N)C(=O)N[C@H]1CSSC[C@@H](C(=O)N[C@H](C(=O)NCCOCCOCC(=O)N[C@@H](CCCCNC(C)(C)C)C(N)=O)[C@@H](C)O)NC(=O)[C@H](CCCNC(=N)N)NC(=O)[C@H](Cc2cnc[nH]2)CC(=O)[C@H](C)NC(=O)CNC(=O)[C@H](Cc2c[nH]c3ccccc23)CC(=O)[C@H](CC(=O)O)NC(=O)[C@H](CCC(N)=O)NC(=O)[C@H](Cc2cn(C)c3ccccc23)NC(=O)[C@H](C(C)C)CC1=O. The second-order valence-electron chi connectivity index (χ2n) is 35.1. The Labute approximate surface area is 803 Å². The Balaban J connectivity index is 0.0000109. The molecule has 2 aromatic carbocycles. The third kappa shape index (κ3) is 40.9. The average molecular weight is 1960 g/mol. The van der Waals surface area contributed by atoms with Crippen molar-refractivity contribution in [2.24, 2.45) is 59.6 Å². The van der Waals surface area contributed by atoms with Crippen LogP contribution < -0.4 is 92.1 Å². The van der Waals surface area contributed by atoms with Gasteiger partial charge in [0.2, 0.25) is 76.8 Å². The van der Waals surface area contributed by atoms with Crippen molar-refractivity contribution in [1.82, 2.24) is 88.6 Å². The molecular formula is C91H138N22O22S2. The zero-order valence-corrected chi connectivity index (χ0v) is 81.1. The predicted octanol–water partition coefficient (Wildman–Crippen LogP) is -1.16. The van der Waals surface area contributed by atoms with Crippen molar-refractivity contribution in [3.05, 3.63) is 90.3 Å². The van der Waals surface area contributed by atoms with Crippen molar-refractivity contribution in [3.63, 3.8) is 0 Å². The standard InChI is InChI=1S/C89H134N22O21S2.C2H4O/c1-11-49(4)76(91)86(129)108-66-45-133-134-46-67(85(128)110-77(51(6)112)87(130)96-29-30-131-31-32-132-44-74(118)103-61(78(92)121)22-16-17-28-101-89(7,8)9)109-82(125)62(23-18-27-97-88(93)94)104-80(123)53(34-56-41-95-47-100-56)36-69(113)50(5)102-73(117)42-99-79(122)52(33-54-40-98-60-21-14-12-19-57(54)60)37-70(114)64(39-75(119)120)106-83(126)63(25-26-72(90)116)105-84(127)65(107-81(124)59(48(2)3)38-71(66)115)35-55-43-111(10)68-24-15-13-20-58(55)68;1-2-3/h12-15,19-21,24,40-41,43,47-53,59,61-67,76-77,98,101,112H,11,16-18,22-23,25-39,42,44-46,91H2,1-10H3,(H2,90,116)(H2,92,121)(H,95,100)(H,96,130)(H,99,122)(H,102,117)(H,103,118)(H,104,123)(H,105,127)(H,106,126)(H,107,124)(H,108,129)(H,109,125)(H,110,128)(H,119,120)(H4,93,94,97);2H,1H3/t49-,50-,51+,52+,53+,59-,61-,62-,63-,64-,65-,66-,67-,76-,77-;/m0./s1. The smallest absolute Gasteiger partial charge is 0.305 e. The molecule has 3 aromatic heterocycles. The fourth-order valence-electron chi connectivity index (χ4n) is 14.7. The Morgan fingerprint density at radius 3 is 1.96 bits per heavy atom. The van der Waals surface area contributed by atoms with E-state index in [2.05, 4.69) is 84.1 Å². The summed E-state index contributed by atoms with van der Waals surface area (Å²) in [6.45, 7) is 15.6. The van der Waals surface area contributed by atoms with Gasteiger partial charge < -0.3 is 131 Å². The highest BCUT2D eigenvalue weighted by Gasteiger charge is 2.40. The number of Topliss-reactive ketones (excluding diaryl/α,β-unsaturated/α-hetero) is 3. The average Bonchev–Trinajstić information content (AvgIpc) is 1.63. The van der Waals surface area contributed by atoms with Crippen molar-refractivity contribution in [2.45, 2.75) is 238 Å². The molecule has 0 aliphatic carbocycles.